The van der Waals surface area contributed by atoms with E-state index in [1.54, 1.807) is 0 Å². The number of anilines is 18. The van der Waals surface area contributed by atoms with Gasteiger partial charge in [-0.15, -0.1) is 96.3 Å². The van der Waals surface area contributed by atoms with Gasteiger partial charge in [-0.3, -0.25) is 0 Å². The molecular weight excluding hydrogens is 1770 g/mol. The van der Waals surface area contributed by atoms with Gasteiger partial charge in [-0.2, -0.15) is 51.5 Å². The topological polar surface area (TPSA) is 64.7 Å². The van der Waals surface area contributed by atoms with E-state index in [0.29, 0.717) is 0 Å². The van der Waals surface area contributed by atoms with Crippen LogP contribution in [0.1, 0.15) is 101 Å². The Bertz CT molecular complexity index is 4890. The average molecular weight is 1870 g/mol. The van der Waals surface area contributed by atoms with Crippen molar-refractivity contribution in [1.82, 2.24) is 14.8 Å². The number of fused-ring (bicyclic) bond motifs is 4. The molecule has 0 aliphatic carbocycles. The fourth-order valence-electron chi connectivity index (χ4n) is 14.9. The van der Waals surface area contributed by atoms with Gasteiger partial charge >= 0.3 is 34.1 Å². The summed E-state index contributed by atoms with van der Waals surface area (Å²) in [6, 6.07) is 82.5. The molecule has 1 radical (unpaired) electrons. The molecule has 0 spiro atoms. The van der Waals surface area contributed by atoms with E-state index < -0.39 is 0 Å². The van der Waals surface area contributed by atoms with Crippen LogP contribution in [0.5, 0.6) is 0 Å². The number of hydrogen-bond donors (Lipinski definition) is 0. The Hall–Kier alpha value is -9.61. The molecule has 0 bridgehead atoms. The fourth-order valence-corrected chi connectivity index (χ4v) is 14.9. The molecule has 118 heavy (non-hydrogen) atoms. The second-order valence-corrected chi connectivity index (χ2v) is 29.6. The summed E-state index contributed by atoms with van der Waals surface area (Å²) in [6.45, 7) is 39.0. The smallest absolute Gasteiger partial charge is 1.00 e. The standard InChI is InChI=1S/C28H37N4.C24H29N4.C23H19N4.C22H19N5.2Fe.2HI/c1-7-9-11-29-13-14-31(19-29)25-18-26(24(6)15-23(25)5)32-20-30(12-10-8-2)27-16-21(3)22(4)17-28(27)32;1-3-5-14-25-16-17-26(19-25)21-10-9-11-22(18-21)28-20-27(15-6-4-2)23-12-7-8-13-24(23)28;1-24-17-27(23-13-6-5-12-22(23)24)21-11-7-10-20(16-21)26-15-14-25(18-26)19-8-3-2-4-9-19;1-24-16-27(20-11-6-5-10-19(20)24)22-13-7-12-21(23-22)26-15-14-25(17-26)18-8-3-2-4-9-18;;;;/h13-17,19-20H,7-12H2,1-6H3;7-13,16-17,19-20H,3-6,14-15H2,1-2H3;2-15,17-18H,1H3;2-17H,1H3;;;2*1H/q3*-3;-2;+5;+6;;/p-2. The number of para-hydroxylation sites is 8. The van der Waals surface area contributed by atoms with Crippen LogP contribution in [-0.2, 0) is 34.1 Å². The van der Waals surface area contributed by atoms with E-state index in [-0.39, 0.29) is 82.1 Å². The van der Waals surface area contributed by atoms with Gasteiger partial charge in [-0.1, -0.05) is 157 Å². The van der Waals surface area contributed by atoms with Gasteiger partial charge in [0.15, 0.2) is 0 Å². The maximum Gasteiger partial charge on any atom is 6.00 e. The van der Waals surface area contributed by atoms with Gasteiger partial charge in [-0.25, -0.2) is 4.98 Å². The Balaban J connectivity index is 0.000000153. The summed E-state index contributed by atoms with van der Waals surface area (Å²) < 4.78 is 0. The molecule has 0 fully saturated rings. The minimum atomic E-state index is 0. The molecule has 1 aromatic heterocycles. The predicted molar refractivity (Wildman–Crippen MR) is 477 cm³/mol. The summed E-state index contributed by atoms with van der Waals surface area (Å²) in [5, 5.41) is 0. The van der Waals surface area contributed by atoms with Crippen molar-refractivity contribution in [3.8, 4) is 0 Å². The van der Waals surface area contributed by atoms with Gasteiger partial charge in [0.2, 0.25) is 0 Å². The number of aryl methyl sites for hydroxylation is 4. The van der Waals surface area contributed by atoms with Crippen LogP contribution in [0.2, 0.25) is 0 Å². The molecule has 8 aliphatic heterocycles. The first-order valence-corrected chi connectivity index (χ1v) is 40.3. The zero-order valence-electron chi connectivity index (χ0n) is 68.9. The van der Waals surface area contributed by atoms with Gasteiger partial charge in [0, 0.05) is 56.9 Å². The zero-order valence-corrected chi connectivity index (χ0v) is 75.4. The van der Waals surface area contributed by atoms with E-state index in [0.717, 1.165) is 89.0 Å². The van der Waals surface area contributed by atoms with E-state index in [9.17, 15) is 0 Å². The number of benzene rings is 9. The average Bonchev–Trinajstić information content (AvgIpc) is 1.63. The molecule has 8 aliphatic rings. The Labute approximate surface area is 758 Å². The molecule has 10 aromatic rings. The molecule has 0 amide bonds. The number of halogens is 2. The van der Waals surface area contributed by atoms with Crippen LogP contribution < -0.4 is 117 Å². The van der Waals surface area contributed by atoms with Crippen LogP contribution in [-0.4, -0.2) is 55.1 Å². The molecule has 17 nitrogen and oxygen atoms in total. The number of nitrogens with zero attached hydrogens (tertiary/aromatic N) is 17. The minimum absolute atomic E-state index is 0. The Morgan fingerprint density at radius 2 is 0.686 bits per heavy atom. The van der Waals surface area contributed by atoms with Crippen molar-refractivity contribution < 1.29 is 82.1 Å². The Morgan fingerprint density at radius 1 is 0.297 bits per heavy atom. The van der Waals surface area contributed by atoms with Crippen LogP contribution >= 0.6 is 0 Å². The molecular formula is C97H104Fe2I2N17-2. The van der Waals surface area contributed by atoms with E-state index >= 15 is 0 Å². The van der Waals surface area contributed by atoms with Crippen LogP contribution in [0.3, 0.4) is 0 Å². The molecule has 609 valence electrons. The van der Waals surface area contributed by atoms with Crippen molar-refractivity contribution in [2.75, 3.05) is 109 Å². The molecule has 9 aromatic carbocycles. The summed E-state index contributed by atoms with van der Waals surface area (Å²) in [5.41, 5.74) is 23.5. The molecule has 0 unspecified atom stereocenters. The Morgan fingerprint density at radius 3 is 1.25 bits per heavy atom. The number of rotatable bonds is 22. The second kappa shape index (κ2) is 41.9. The number of hydrogen-bond acceptors (Lipinski definition) is 17. The van der Waals surface area contributed by atoms with Crippen LogP contribution in [0.15, 0.2) is 256 Å². The fraction of sp³-hybridized carbons (Fsp3) is 0.227. The monoisotopic (exact) mass is 1870 g/mol. The first-order valence-electron chi connectivity index (χ1n) is 40.3. The van der Waals surface area contributed by atoms with Crippen molar-refractivity contribution in [2.24, 2.45) is 0 Å². The molecule has 18 rings (SSSR count). The number of unbranched alkanes of at least 4 members (excludes halogenated alkanes) is 4. The quantitative estimate of drug-likeness (QED) is 0.0367. The van der Waals surface area contributed by atoms with Crippen LogP contribution in [0.4, 0.5) is 103 Å². The van der Waals surface area contributed by atoms with Gasteiger partial charge in [0.25, 0.3) is 0 Å². The normalized spacial score (nSPS) is 15.0. The Kier molecular flexibility index (Phi) is 31.6. The summed E-state index contributed by atoms with van der Waals surface area (Å²) in [6.07, 6.45) is 26.3. The molecule has 9 heterocycles. The zero-order chi connectivity index (χ0) is 78.6. The third kappa shape index (κ3) is 20.3. The third-order valence-electron chi connectivity index (χ3n) is 21.3. The van der Waals surface area contributed by atoms with Crippen molar-refractivity contribution in [3.05, 3.63) is 350 Å². The van der Waals surface area contributed by atoms with E-state index in [1.807, 2.05) is 78.6 Å². The second-order valence-electron chi connectivity index (χ2n) is 29.6. The predicted octanol–water partition coefficient (Wildman–Crippen LogP) is 16.8. The van der Waals surface area contributed by atoms with Crippen molar-refractivity contribution in [1.29, 1.82) is 0 Å². The first-order chi connectivity index (χ1) is 55.8. The van der Waals surface area contributed by atoms with Crippen molar-refractivity contribution >= 4 is 103 Å². The molecule has 0 atom stereocenters. The summed E-state index contributed by atoms with van der Waals surface area (Å²) in [4.78, 5) is 40.0. The number of pyridine rings is 1. The van der Waals surface area contributed by atoms with E-state index in [1.165, 1.54) is 113 Å². The van der Waals surface area contributed by atoms with Gasteiger partial charge in [0.1, 0.15) is 11.6 Å². The largest absolute Gasteiger partial charge is 6.00 e. The first kappa shape index (κ1) is 89.2. The molecule has 0 saturated heterocycles. The van der Waals surface area contributed by atoms with Gasteiger partial charge < -0.3 is 126 Å². The van der Waals surface area contributed by atoms with E-state index in [4.69, 9.17) is 4.98 Å². The number of aromatic nitrogens is 1. The maximum atomic E-state index is 4.88. The summed E-state index contributed by atoms with van der Waals surface area (Å²) >= 11 is 0. The van der Waals surface area contributed by atoms with Gasteiger partial charge in [0.05, 0.1) is 0 Å². The molecule has 0 saturated carbocycles. The minimum Gasteiger partial charge on any atom is -1.00 e. The van der Waals surface area contributed by atoms with Crippen LogP contribution in [0.25, 0.3) is 0 Å². The van der Waals surface area contributed by atoms with Crippen molar-refractivity contribution in [2.45, 2.75) is 107 Å². The summed E-state index contributed by atoms with van der Waals surface area (Å²) in [7, 11) is 4.12. The van der Waals surface area contributed by atoms with Crippen molar-refractivity contribution in [3.63, 3.8) is 0 Å². The van der Waals surface area contributed by atoms with Gasteiger partial charge in [-0.05, 0) is 225 Å². The SMILES string of the molecule is CCCCN1C=CN(c2[c-]c(N3[CH-]N(CCCC)c4cc(C)c(C)cc43)c(C)cc2C)[CH-]1.CCCCN1C=CN(c2[c-]c(N3[CH-]N(CCCC)c4ccccc43)ccc2)[CH-]1.CN1[CH-]N(c2[c-]c(N3C=CN(c4ccccc4)[CH-]3)ccc2)c2ccccc21.CN1[CH-]N(c2cccc(N3C=CN(c4ccccc4)[CH-]3)n2)c2ccccc21.[Fe+5].[Fe+6].[I-].[I-]. The molecule has 21 heteroatoms. The van der Waals surface area contributed by atoms with Crippen LogP contribution in [0, 0.1) is 99.2 Å². The third-order valence-corrected chi connectivity index (χ3v) is 21.3. The molecule has 0 N–H and O–H groups in total. The van der Waals surface area contributed by atoms with E-state index in [2.05, 4.69) is 397 Å². The summed E-state index contributed by atoms with van der Waals surface area (Å²) in [5.74, 6) is 1.77. The maximum absolute atomic E-state index is 4.88.